The molecule has 0 saturated carbocycles. The minimum atomic E-state index is -1.25. The van der Waals surface area contributed by atoms with E-state index in [-0.39, 0.29) is 24.0 Å². The molecule has 0 saturated heterocycles. The van der Waals surface area contributed by atoms with Crippen molar-refractivity contribution in [1.29, 1.82) is 0 Å². The van der Waals surface area contributed by atoms with Gasteiger partial charge in [-0.2, -0.15) is 0 Å². The maximum atomic E-state index is 11.8. The molecule has 0 amide bonds. The van der Waals surface area contributed by atoms with Crippen LogP contribution in [0, 0.1) is 5.41 Å². The van der Waals surface area contributed by atoms with Crippen LogP contribution in [0.2, 0.25) is 13.1 Å². The zero-order valence-electron chi connectivity index (χ0n) is 14.4. The summed E-state index contributed by atoms with van der Waals surface area (Å²) in [5.74, 6) is 0. The summed E-state index contributed by atoms with van der Waals surface area (Å²) in [5, 5.41) is 0. The maximum Gasteiger partial charge on any atom is 0.330 e. The molecule has 0 aliphatic carbocycles. The molecule has 0 aromatic carbocycles. The summed E-state index contributed by atoms with van der Waals surface area (Å²) in [7, 11) is -1.25. The van der Waals surface area contributed by atoms with Crippen molar-refractivity contribution >= 4 is 9.04 Å². The summed E-state index contributed by atoms with van der Waals surface area (Å²) in [4.78, 5) is 25.7. The molecule has 0 aliphatic heterocycles. The number of aromatic nitrogens is 2. The Balaban J connectivity index is 2.84. The molecule has 1 rings (SSSR count). The Morgan fingerprint density at radius 2 is 1.95 bits per heavy atom. The van der Waals surface area contributed by atoms with E-state index in [1.54, 1.807) is 6.20 Å². The molecule has 0 radical (unpaired) electrons. The van der Waals surface area contributed by atoms with Crippen LogP contribution < -0.4 is 11.2 Å². The van der Waals surface area contributed by atoms with Crippen LogP contribution in [0.25, 0.3) is 0 Å². The van der Waals surface area contributed by atoms with E-state index in [1.165, 1.54) is 4.57 Å². The highest BCUT2D eigenvalue weighted by Gasteiger charge is 2.21. The van der Waals surface area contributed by atoms with Gasteiger partial charge in [0.05, 0.1) is 0 Å². The lowest BCUT2D eigenvalue weighted by Gasteiger charge is -2.28. The standard InChI is InChI=1S/C15H28N2O4Si/c1-7-11-9-17(14(19)16-13(11)18)10-20-12(21-22(5)6)8-15(2,3)4/h9,12,22H,7-8,10H2,1-6H3,(H,16,18,19). The minimum Gasteiger partial charge on any atom is -0.396 e. The molecule has 1 N–H and O–H groups in total. The van der Waals surface area contributed by atoms with Crippen molar-refractivity contribution in [1.82, 2.24) is 9.55 Å². The van der Waals surface area contributed by atoms with Crippen LogP contribution in [0.1, 0.15) is 39.7 Å². The fourth-order valence-corrected chi connectivity index (χ4v) is 2.80. The highest BCUT2D eigenvalue weighted by atomic mass is 28.3. The Morgan fingerprint density at radius 3 is 2.45 bits per heavy atom. The third kappa shape index (κ3) is 6.29. The number of nitrogens with zero attached hydrogens (tertiary/aromatic N) is 1. The number of aryl methyl sites for hydroxylation is 1. The molecule has 22 heavy (non-hydrogen) atoms. The number of hydrogen-bond acceptors (Lipinski definition) is 4. The second kappa shape index (κ2) is 7.89. The Labute approximate surface area is 133 Å². The van der Waals surface area contributed by atoms with E-state index in [0.29, 0.717) is 12.0 Å². The van der Waals surface area contributed by atoms with Gasteiger partial charge in [0.1, 0.15) is 13.0 Å². The lowest BCUT2D eigenvalue weighted by Crippen LogP contribution is -2.35. The fourth-order valence-electron chi connectivity index (χ4n) is 2.02. The first kappa shape index (κ1) is 18.9. The van der Waals surface area contributed by atoms with Crippen molar-refractivity contribution in [2.75, 3.05) is 0 Å². The molecule has 0 aliphatic rings. The molecule has 0 fully saturated rings. The van der Waals surface area contributed by atoms with Crippen molar-refractivity contribution in [3.8, 4) is 0 Å². The van der Waals surface area contributed by atoms with Crippen molar-refractivity contribution in [2.45, 2.75) is 66.7 Å². The van der Waals surface area contributed by atoms with Crippen LogP contribution in [-0.4, -0.2) is 24.9 Å². The molecule has 1 aromatic rings. The molecule has 7 heteroatoms. The zero-order chi connectivity index (χ0) is 16.9. The summed E-state index contributed by atoms with van der Waals surface area (Å²) in [6.45, 7) is 12.5. The number of aromatic amines is 1. The Hall–Kier alpha value is -1.18. The van der Waals surface area contributed by atoms with Crippen molar-refractivity contribution < 1.29 is 9.16 Å². The van der Waals surface area contributed by atoms with Gasteiger partial charge in [0.25, 0.3) is 5.56 Å². The summed E-state index contributed by atoms with van der Waals surface area (Å²) < 4.78 is 13.1. The Kier molecular flexibility index (Phi) is 6.77. The topological polar surface area (TPSA) is 73.3 Å². The van der Waals surface area contributed by atoms with E-state index in [0.717, 1.165) is 6.42 Å². The summed E-state index contributed by atoms with van der Waals surface area (Å²) >= 11 is 0. The van der Waals surface area contributed by atoms with E-state index in [2.05, 4.69) is 38.8 Å². The molecule has 126 valence electrons. The Morgan fingerprint density at radius 1 is 1.32 bits per heavy atom. The first-order valence-corrected chi connectivity index (χ1v) is 10.5. The molecule has 0 bridgehead atoms. The average Bonchev–Trinajstić information content (AvgIpc) is 2.35. The summed E-state index contributed by atoms with van der Waals surface area (Å²) in [6.07, 6.45) is 2.53. The van der Waals surface area contributed by atoms with Gasteiger partial charge in [0.15, 0.2) is 9.04 Å². The van der Waals surface area contributed by atoms with Gasteiger partial charge in [-0.05, 0) is 24.9 Å². The quantitative estimate of drug-likeness (QED) is 0.612. The zero-order valence-corrected chi connectivity index (χ0v) is 15.6. The molecule has 0 spiro atoms. The number of H-pyrrole nitrogens is 1. The molecular weight excluding hydrogens is 300 g/mol. The van der Waals surface area contributed by atoms with Gasteiger partial charge in [-0.25, -0.2) is 4.79 Å². The van der Waals surface area contributed by atoms with Gasteiger partial charge < -0.3 is 9.16 Å². The van der Waals surface area contributed by atoms with Gasteiger partial charge in [0, 0.05) is 18.2 Å². The molecule has 1 unspecified atom stereocenters. The van der Waals surface area contributed by atoms with Gasteiger partial charge >= 0.3 is 5.69 Å². The summed E-state index contributed by atoms with van der Waals surface area (Å²) in [5.41, 5.74) is -0.160. The Bertz CT molecular complexity index is 586. The van der Waals surface area contributed by atoms with Crippen molar-refractivity contribution in [3.63, 3.8) is 0 Å². The predicted octanol–water partition coefficient (Wildman–Crippen LogP) is 1.84. The summed E-state index contributed by atoms with van der Waals surface area (Å²) in [6, 6.07) is 0. The van der Waals surface area contributed by atoms with Crippen LogP contribution in [0.5, 0.6) is 0 Å². The maximum absolute atomic E-state index is 11.8. The minimum absolute atomic E-state index is 0.0680. The first-order valence-electron chi connectivity index (χ1n) is 7.72. The molecule has 1 heterocycles. The van der Waals surface area contributed by atoms with Gasteiger partial charge in [0.2, 0.25) is 0 Å². The first-order chi connectivity index (χ1) is 10.1. The monoisotopic (exact) mass is 328 g/mol. The molecule has 1 atom stereocenters. The normalized spacial score (nSPS) is 13.6. The largest absolute Gasteiger partial charge is 0.396 e. The van der Waals surface area contributed by atoms with E-state index in [1.807, 2.05) is 6.92 Å². The van der Waals surface area contributed by atoms with Crippen molar-refractivity contribution in [3.05, 3.63) is 32.6 Å². The van der Waals surface area contributed by atoms with Gasteiger partial charge in [-0.15, -0.1) is 0 Å². The number of nitrogens with one attached hydrogen (secondary N) is 1. The van der Waals surface area contributed by atoms with Crippen LogP contribution in [-0.2, 0) is 22.3 Å². The predicted molar refractivity (Wildman–Crippen MR) is 89.6 cm³/mol. The molecule has 1 aromatic heterocycles. The van der Waals surface area contributed by atoms with Gasteiger partial charge in [-0.3, -0.25) is 14.3 Å². The van der Waals surface area contributed by atoms with Crippen LogP contribution in [0.4, 0.5) is 0 Å². The number of ether oxygens (including phenoxy) is 1. The highest BCUT2D eigenvalue weighted by Crippen LogP contribution is 2.23. The van der Waals surface area contributed by atoms with E-state index >= 15 is 0 Å². The number of rotatable bonds is 7. The van der Waals surface area contributed by atoms with Crippen LogP contribution in [0.3, 0.4) is 0 Å². The van der Waals surface area contributed by atoms with E-state index in [4.69, 9.17) is 9.16 Å². The SMILES string of the molecule is CCc1cn(COC(CC(C)(C)C)O[SiH](C)C)c(=O)[nH]c1=O. The van der Waals surface area contributed by atoms with Crippen molar-refractivity contribution in [2.24, 2.45) is 5.41 Å². The average molecular weight is 328 g/mol. The van der Waals surface area contributed by atoms with E-state index < -0.39 is 14.7 Å². The van der Waals surface area contributed by atoms with Crippen LogP contribution in [0.15, 0.2) is 15.8 Å². The van der Waals surface area contributed by atoms with Gasteiger partial charge in [-0.1, -0.05) is 27.7 Å². The third-order valence-electron chi connectivity index (χ3n) is 3.07. The fraction of sp³-hybridized carbons (Fsp3) is 0.733. The second-order valence-electron chi connectivity index (χ2n) is 6.91. The molecular formula is C15H28N2O4Si. The lowest BCUT2D eigenvalue weighted by atomic mass is 9.92. The number of hydrogen-bond donors (Lipinski definition) is 1. The smallest absolute Gasteiger partial charge is 0.330 e. The van der Waals surface area contributed by atoms with Crippen LogP contribution >= 0.6 is 0 Å². The third-order valence-corrected chi connectivity index (χ3v) is 3.92. The highest BCUT2D eigenvalue weighted by molar-refractivity contribution is 6.48. The molecule has 6 nitrogen and oxygen atoms in total. The van der Waals surface area contributed by atoms with E-state index in [9.17, 15) is 9.59 Å². The second-order valence-corrected chi connectivity index (χ2v) is 9.28. The lowest BCUT2D eigenvalue weighted by molar-refractivity contribution is -0.128.